The molecule has 0 N–H and O–H groups in total. The van der Waals surface area contributed by atoms with E-state index in [-0.39, 0.29) is 28.6 Å². The second-order valence-electron chi connectivity index (χ2n) is 9.40. The lowest BCUT2D eigenvalue weighted by Crippen LogP contribution is -2.42. The van der Waals surface area contributed by atoms with E-state index in [0.717, 1.165) is 48.6 Å². The van der Waals surface area contributed by atoms with Gasteiger partial charge in [-0.25, -0.2) is 12.7 Å². The van der Waals surface area contributed by atoms with Crippen molar-refractivity contribution in [3.63, 3.8) is 0 Å². The molecule has 1 unspecified atom stereocenters. The molecule has 1 saturated heterocycles. The van der Waals surface area contributed by atoms with Gasteiger partial charge in [0.05, 0.1) is 6.10 Å². The molecule has 4 rings (SSSR count). The Kier molecular flexibility index (Phi) is 8.03. The fraction of sp³-hybridized carbons (Fsp3) is 0.480. The molecule has 0 radical (unpaired) electrons. The molecule has 2 aromatic carbocycles. The molecule has 2 aromatic rings. The molecule has 0 bridgehead atoms. The number of carbonyl (C=O) groups is 1. The van der Waals surface area contributed by atoms with Crippen molar-refractivity contribution in [1.82, 2.24) is 9.21 Å². The van der Waals surface area contributed by atoms with Crippen molar-refractivity contribution in [2.24, 2.45) is 5.92 Å². The average molecular weight is 537 g/mol. The van der Waals surface area contributed by atoms with Crippen LogP contribution in [0.1, 0.15) is 37.7 Å². The average Bonchev–Trinajstić information content (AvgIpc) is 3.31. The highest BCUT2D eigenvalue weighted by atomic mass is 32.2. The highest BCUT2D eigenvalue weighted by molar-refractivity contribution is 7.91. The highest BCUT2D eigenvalue weighted by Crippen LogP contribution is 2.30. The Labute approximate surface area is 213 Å². The number of carbonyl (C=O) groups excluding carboxylic acids is 1. The minimum absolute atomic E-state index is 0.0419. The maximum Gasteiger partial charge on any atom is 0.340 e. The molecule has 1 aliphatic carbocycles. The van der Waals surface area contributed by atoms with Crippen LogP contribution in [0.15, 0.2) is 58.3 Å². The summed E-state index contributed by atoms with van der Waals surface area (Å²) in [7, 11) is -5.76. The first kappa shape index (κ1) is 26.6. The van der Waals surface area contributed by atoms with Crippen LogP contribution in [0, 0.1) is 5.92 Å². The van der Waals surface area contributed by atoms with Gasteiger partial charge >= 0.3 is 10.1 Å². The molecule has 0 spiro atoms. The monoisotopic (exact) mass is 536 g/mol. The number of benzene rings is 2. The van der Waals surface area contributed by atoms with Crippen LogP contribution in [0.2, 0.25) is 0 Å². The van der Waals surface area contributed by atoms with Gasteiger partial charge in [-0.15, -0.1) is 0 Å². The van der Waals surface area contributed by atoms with Crippen molar-refractivity contribution in [3.8, 4) is 5.75 Å². The number of ether oxygens (including phenoxy) is 1. The number of rotatable bonds is 10. The quantitative estimate of drug-likeness (QED) is 0.429. The summed E-state index contributed by atoms with van der Waals surface area (Å²) in [6.45, 7) is 1.65. The molecule has 1 heterocycles. The van der Waals surface area contributed by atoms with Crippen molar-refractivity contribution < 1.29 is 30.6 Å². The zero-order valence-electron chi connectivity index (χ0n) is 20.5. The van der Waals surface area contributed by atoms with Crippen LogP contribution < -0.4 is 4.18 Å². The minimum Gasteiger partial charge on any atom is -0.379 e. The molecule has 11 heteroatoms. The summed E-state index contributed by atoms with van der Waals surface area (Å²) in [5.41, 5.74) is 0.834. The molecule has 9 nitrogen and oxygen atoms in total. The van der Waals surface area contributed by atoms with Gasteiger partial charge in [-0.1, -0.05) is 30.7 Å². The van der Waals surface area contributed by atoms with Crippen molar-refractivity contribution in [1.29, 1.82) is 0 Å². The summed E-state index contributed by atoms with van der Waals surface area (Å²) in [5, 5.41) is 0. The van der Waals surface area contributed by atoms with E-state index in [1.54, 1.807) is 12.1 Å². The van der Waals surface area contributed by atoms with E-state index in [0.29, 0.717) is 13.1 Å². The Morgan fingerprint density at radius 1 is 0.944 bits per heavy atom. The first-order valence-corrected chi connectivity index (χ1v) is 14.9. The molecule has 0 aromatic heterocycles. The molecule has 2 aliphatic rings. The summed E-state index contributed by atoms with van der Waals surface area (Å²) in [5.74, 6) is 0.253. The smallest absolute Gasteiger partial charge is 0.340 e. The molecule has 1 aliphatic heterocycles. The Morgan fingerprint density at radius 3 is 2.17 bits per heavy atom. The third-order valence-corrected chi connectivity index (χ3v) is 9.90. The van der Waals surface area contributed by atoms with Crippen LogP contribution in [-0.2, 0) is 36.2 Å². The molecule has 196 valence electrons. The number of hydrogen-bond acceptors (Lipinski definition) is 7. The molecule has 1 saturated carbocycles. The van der Waals surface area contributed by atoms with Crippen LogP contribution >= 0.6 is 0 Å². The number of hydrogen-bond donors (Lipinski definition) is 0. The van der Waals surface area contributed by atoms with Crippen LogP contribution in [0.25, 0.3) is 0 Å². The Balaban J connectivity index is 1.50. The van der Waals surface area contributed by atoms with Gasteiger partial charge in [-0.3, -0.25) is 4.79 Å². The lowest BCUT2D eigenvalue weighted by atomic mass is 9.84. The highest BCUT2D eigenvalue weighted by Gasteiger charge is 2.32. The van der Waals surface area contributed by atoms with Crippen molar-refractivity contribution in [2.75, 3.05) is 27.2 Å². The molecular weight excluding hydrogens is 504 g/mol. The SMILES string of the molecule is CN(C)S(=O)(=O)c1ccccc1S(=O)(=O)Oc1ccc(CN(CC2CCCO2)C(=O)C2CCC2)cc1. The standard InChI is InChI=1S/C25H32N2O7S2/c1-26(2)35(29,30)23-10-3-4-11-24(23)36(31,32)34-21-14-12-19(13-15-21)17-27(18-22-9-6-16-33-22)25(28)20-7-5-8-20/h3-4,10-15,20,22H,5-9,16-18H2,1-2H3. The topological polar surface area (TPSA) is 110 Å². The van der Waals surface area contributed by atoms with Gasteiger partial charge < -0.3 is 13.8 Å². The van der Waals surface area contributed by atoms with Gasteiger partial charge in [0.2, 0.25) is 15.9 Å². The van der Waals surface area contributed by atoms with Crippen LogP contribution in [0.4, 0.5) is 0 Å². The van der Waals surface area contributed by atoms with Crippen molar-refractivity contribution >= 4 is 26.0 Å². The lowest BCUT2D eigenvalue weighted by Gasteiger charge is -2.33. The third kappa shape index (κ3) is 5.91. The van der Waals surface area contributed by atoms with Gasteiger partial charge in [-0.2, -0.15) is 8.42 Å². The van der Waals surface area contributed by atoms with Gasteiger partial charge in [0.1, 0.15) is 15.5 Å². The molecule has 2 fully saturated rings. The number of nitrogens with zero attached hydrogens (tertiary/aromatic N) is 2. The summed E-state index contributed by atoms with van der Waals surface area (Å²) < 4.78 is 63.2. The Hall–Kier alpha value is -2.47. The summed E-state index contributed by atoms with van der Waals surface area (Å²) >= 11 is 0. The van der Waals surface area contributed by atoms with Crippen LogP contribution in [0.3, 0.4) is 0 Å². The van der Waals surface area contributed by atoms with Crippen LogP contribution in [0.5, 0.6) is 5.75 Å². The lowest BCUT2D eigenvalue weighted by molar-refractivity contribution is -0.140. The van der Waals surface area contributed by atoms with Gasteiger partial charge in [0.25, 0.3) is 0 Å². The second kappa shape index (κ2) is 10.9. The van der Waals surface area contributed by atoms with Crippen LogP contribution in [-0.4, -0.2) is 65.3 Å². The summed E-state index contributed by atoms with van der Waals surface area (Å²) in [4.78, 5) is 14.1. The molecule has 1 atom stereocenters. The largest absolute Gasteiger partial charge is 0.379 e. The normalized spacial score (nSPS) is 18.7. The number of sulfonamides is 1. The first-order valence-electron chi connectivity index (χ1n) is 12.0. The fourth-order valence-electron chi connectivity index (χ4n) is 4.29. The van der Waals surface area contributed by atoms with E-state index in [9.17, 15) is 21.6 Å². The maximum absolute atomic E-state index is 13.0. The maximum atomic E-state index is 13.0. The fourth-order valence-corrected chi connectivity index (χ4v) is 6.89. The van der Waals surface area contributed by atoms with E-state index >= 15 is 0 Å². The molecule has 36 heavy (non-hydrogen) atoms. The van der Waals surface area contributed by atoms with Gasteiger partial charge in [0, 0.05) is 39.7 Å². The molecular formula is C25H32N2O7S2. The number of amides is 1. The summed E-state index contributed by atoms with van der Waals surface area (Å²) in [6, 6.07) is 11.8. The minimum atomic E-state index is -4.42. The van der Waals surface area contributed by atoms with E-state index in [1.165, 1.54) is 50.5 Å². The van der Waals surface area contributed by atoms with Crippen molar-refractivity contribution in [2.45, 2.75) is 54.5 Å². The predicted octanol–water partition coefficient (Wildman–Crippen LogP) is 3.01. The van der Waals surface area contributed by atoms with Gasteiger partial charge in [0.15, 0.2) is 0 Å². The predicted molar refractivity (Wildman–Crippen MR) is 133 cm³/mol. The van der Waals surface area contributed by atoms with E-state index in [2.05, 4.69) is 0 Å². The second-order valence-corrected chi connectivity index (χ2v) is 13.0. The Morgan fingerprint density at radius 2 is 1.61 bits per heavy atom. The Bertz CT molecular complexity index is 1280. The van der Waals surface area contributed by atoms with E-state index in [1.807, 2.05) is 4.90 Å². The van der Waals surface area contributed by atoms with Gasteiger partial charge in [-0.05, 0) is 55.5 Å². The van der Waals surface area contributed by atoms with E-state index in [4.69, 9.17) is 8.92 Å². The summed E-state index contributed by atoms with van der Waals surface area (Å²) in [6.07, 6.45) is 4.87. The zero-order chi connectivity index (χ0) is 25.9. The van der Waals surface area contributed by atoms with E-state index < -0.39 is 25.0 Å². The zero-order valence-corrected chi connectivity index (χ0v) is 22.1. The molecule has 1 amide bonds. The first-order chi connectivity index (χ1) is 17.1. The van der Waals surface area contributed by atoms with Crippen molar-refractivity contribution in [3.05, 3.63) is 54.1 Å². The third-order valence-electron chi connectivity index (χ3n) is 6.59.